The summed E-state index contributed by atoms with van der Waals surface area (Å²) in [5, 5.41) is 0. The Morgan fingerprint density at radius 3 is 2.76 bits per heavy atom. The van der Waals surface area contributed by atoms with E-state index in [-0.39, 0.29) is 0 Å². The van der Waals surface area contributed by atoms with Crippen LogP contribution in [0.5, 0.6) is 5.75 Å². The van der Waals surface area contributed by atoms with E-state index in [4.69, 9.17) is 4.74 Å². The van der Waals surface area contributed by atoms with Crippen LogP contribution in [0, 0.1) is 24.7 Å². The molecule has 1 aromatic rings. The number of hydrogen-bond donors (Lipinski definition) is 0. The molecule has 0 amide bonds. The minimum absolute atomic E-state index is 0.783. The molecule has 2 nitrogen and oxygen atoms in total. The second-order valence-corrected chi connectivity index (χ2v) is 8.39. The molecular formula is C23H33NO. The first kappa shape index (κ1) is 17.1. The number of benzene rings is 1. The van der Waals surface area contributed by atoms with E-state index in [2.05, 4.69) is 43.9 Å². The van der Waals surface area contributed by atoms with Crippen molar-refractivity contribution in [3.05, 3.63) is 34.9 Å². The molecule has 1 saturated carbocycles. The van der Waals surface area contributed by atoms with Crippen molar-refractivity contribution >= 4 is 5.57 Å². The fraction of sp³-hybridized carbons (Fsp3) is 0.652. The zero-order valence-electron chi connectivity index (χ0n) is 16.3. The first-order valence-corrected chi connectivity index (χ1v) is 10.3. The third-order valence-corrected chi connectivity index (χ3v) is 7.19. The highest BCUT2D eigenvalue weighted by Crippen LogP contribution is 2.51. The molecule has 4 aliphatic rings. The Bertz CT molecular complexity index is 677. The molecule has 2 saturated heterocycles. The van der Waals surface area contributed by atoms with Crippen molar-refractivity contribution in [2.75, 3.05) is 20.2 Å². The fourth-order valence-electron chi connectivity index (χ4n) is 6.12. The molecule has 0 radical (unpaired) electrons. The number of rotatable bonds is 4. The van der Waals surface area contributed by atoms with Crippen LogP contribution in [0.1, 0.15) is 57.1 Å². The maximum atomic E-state index is 5.54. The normalized spacial score (nSPS) is 34.2. The summed E-state index contributed by atoms with van der Waals surface area (Å²) < 4.78 is 5.54. The zero-order chi connectivity index (χ0) is 17.6. The second kappa shape index (κ2) is 6.79. The minimum atomic E-state index is 0.783. The standard InChI is InChI=1S/C23H33NO/c1-5-17-11-16-12-22-19(6-2)20(9-10-24(14-16)23(17)22)21-13-18(25-4)8-7-15(21)3/h7-8,13,16-17,22-23H,5-6,9-12,14H2,1-4H3/t16-,17?,22?,23?/m0/s1. The van der Waals surface area contributed by atoms with Crippen molar-refractivity contribution in [3.63, 3.8) is 0 Å². The highest BCUT2D eigenvalue weighted by molar-refractivity contribution is 5.73. The Balaban J connectivity index is 1.81. The van der Waals surface area contributed by atoms with Gasteiger partial charge in [0.05, 0.1) is 7.11 Å². The molecule has 0 aromatic heterocycles. The first-order chi connectivity index (χ1) is 12.2. The summed E-state index contributed by atoms with van der Waals surface area (Å²) in [5.74, 6) is 3.60. The van der Waals surface area contributed by atoms with Crippen LogP contribution in [0.2, 0.25) is 0 Å². The summed E-state index contributed by atoms with van der Waals surface area (Å²) in [6, 6.07) is 7.40. The molecule has 0 spiro atoms. The lowest BCUT2D eigenvalue weighted by Crippen LogP contribution is -2.57. The quantitative estimate of drug-likeness (QED) is 0.737. The average Bonchev–Trinajstić information content (AvgIpc) is 2.76. The van der Waals surface area contributed by atoms with Gasteiger partial charge in [0.1, 0.15) is 5.75 Å². The van der Waals surface area contributed by atoms with Crippen LogP contribution in [0.3, 0.4) is 0 Å². The topological polar surface area (TPSA) is 12.5 Å². The van der Waals surface area contributed by atoms with E-state index in [9.17, 15) is 0 Å². The summed E-state index contributed by atoms with van der Waals surface area (Å²) in [7, 11) is 1.78. The van der Waals surface area contributed by atoms with E-state index in [1.54, 1.807) is 18.3 Å². The van der Waals surface area contributed by atoms with Gasteiger partial charge in [0.2, 0.25) is 0 Å². The molecule has 5 rings (SSSR count). The monoisotopic (exact) mass is 339 g/mol. The maximum Gasteiger partial charge on any atom is 0.119 e. The Labute approximate surface area is 153 Å². The number of aryl methyl sites for hydroxylation is 1. The maximum absolute atomic E-state index is 5.54. The molecule has 5 atom stereocenters. The van der Waals surface area contributed by atoms with Gasteiger partial charge in [-0.3, -0.25) is 4.90 Å². The van der Waals surface area contributed by atoms with Crippen LogP contribution in [-0.2, 0) is 0 Å². The SMILES string of the molecule is CCC1=C(c2cc(OC)ccc2C)CCN2C[C@H]3CC(CC)C2C1C3. The number of nitrogens with zero attached hydrogens (tertiary/aromatic N) is 1. The molecule has 1 aliphatic carbocycles. The lowest BCUT2D eigenvalue weighted by molar-refractivity contribution is -0.0273. The third kappa shape index (κ3) is 2.83. The predicted molar refractivity (Wildman–Crippen MR) is 105 cm³/mol. The molecule has 136 valence electrons. The lowest BCUT2D eigenvalue weighted by atomic mass is 9.63. The molecule has 2 heteroatoms. The molecule has 3 heterocycles. The molecular weight excluding hydrogens is 306 g/mol. The van der Waals surface area contributed by atoms with Gasteiger partial charge in [0.25, 0.3) is 0 Å². The van der Waals surface area contributed by atoms with Gasteiger partial charge in [-0.05, 0) is 79.2 Å². The lowest BCUT2D eigenvalue weighted by Gasteiger charge is -2.54. The van der Waals surface area contributed by atoms with Crippen LogP contribution in [0.15, 0.2) is 23.8 Å². The Kier molecular flexibility index (Phi) is 4.66. The third-order valence-electron chi connectivity index (χ3n) is 7.19. The van der Waals surface area contributed by atoms with E-state index in [1.165, 1.54) is 56.3 Å². The van der Waals surface area contributed by atoms with E-state index in [0.29, 0.717) is 0 Å². The minimum Gasteiger partial charge on any atom is -0.497 e. The van der Waals surface area contributed by atoms with Crippen LogP contribution in [-0.4, -0.2) is 31.1 Å². The molecule has 25 heavy (non-hydrogen) atoms. The fourth-order valence-corrected chi connectivity index (χ4v) is 6.12. The van der Waals surface area contributed by atoms with Gasteiger partial charge in [0, 0.05) is 19.1 Å². The Morgan fingerprint density at radius 1 is 1.20 bits per heavy atom. The molecule has 4 bridgehead atoms. The van der Waals surface area contributed by atoms with Crippen molar-refractivity contribution < 1.29 is 4.74 Å². The number of hydrogen-bond acceptors (Lipinski definition) is 2. The largest absolute Gasteiger partial charge is 0.497 e. The summed E-state index contributed by atoms with van der Waals surface area (Å²) in [6.45, 7) is 9.63. The first-order valence-electron chi connectivity index (χ1n) is 10.3. The number of ether oxygens (including phenoxy) is 1. The van der Waals surface area contributed by atoms with Gasteiger partial charge in [-0.25, -0.2) is 0 Å². The van der Waals surface area contributed by atoms with Gasteiger partial charge < -0.3 is 4.74 Å². The summed E-state index contributed by atoms with van der Waals surface area (Å²) in [6.07, 6.45) is 6.64. The summed E-state index contributed by atoms with van der Waals surface area (Å²) in [5.41, 5.74) is 6.22. The molecule has 3 aliphatic heterocycles. The number of piperidine rings is 2. The van der Waals surface area contributed by atoms with Crippen LogP contribution in [0.4, 0.5) is 0 Å². The Morgan fingerprint density at radius 2 is 2.04 bits per heavy atom. The summed E-state index contributed by atoms with van der Waals surface area (Å²) in [4.78, 5) is 2.86. The van der Waals surface area contributed by atoms with Gasteiger partial charge in [-0.15, -0.1) is 0 Å². The van der Waals surface area contributed by atoms with Crippen molar-refractivity contribution in [2.24, 2.45) is 17.8 Å². The van der Waals surface area contributed by atoms with Crippen molar-refractivity contribution in [3.8, 4) is 5.75 Å². The van der Waals surface area contributed by atoms with Crippen molar-refractivity contribution in [1.29, 1.82) is 0 Å². The highest BCUT2D eigenvalue weighted by Gasteiger charge is 2.48. The van der Waals surface area contributed by atoms with Crippen LogP contribution >= 0.6 is 0 Å². The van der Waals surface area contributed by atoms with Crippen LogP contribution in [0.25, 0.3) is 5.57 Å². The van der Waals surface area contributed by atoms with E-state index in [0.717, 1.165) is 29.5 Å². The smallest absolute Gasteiger partial charge is 0.119 e. The zero-order valence-corrected chi connectivity index (χ0v) is 16.3. The molecule has 3 fully saturated rings. The van der Waals surface area contributed by atoms with Crippen molar-refractivity contribution in [1.82, 2.24) is 4.90 Å². The van der Waals surface area contributed by atoms with Gasteiger partial charge >= 0.3 is 0 Å². The van der Waals surface area contributed by atoms with Gasteiger partial charge in [-0.2, -0.15) is 0 Å². The van der Waals surface area contributed by atoms with E-state index in [1.807, 2.05) is 0 Å². The predicted octanol–water partition coefficient (Wildman–Crippen LogP) is 5.31. The highest BCUT2D eigenvalue weighted by atomic mass is 16.5. The van der Waals surface area contributed by atoms with Gasteiger partial charge in [0.15, 0.2) is 0 Å². The second-order valence-electron chi connectivity index (χ2n) is 8.39. The molecule has 4 unspecified atom stereocenters. The average molecular weight is 340 g/mol. The van der Waals surface area contributed by atoms with Crippen molar-refractivity contribution in [2.45, 2.75) is 58.9 Å². The Hall–Kier alpha value is -1.28. The van der Waals surface area contributed by atoms with Crippen LogP contribution < -0.4 is 4.74 Å². The number of methoxy groups -OCH3 is 1. The summed E-state index contributed by atoms with van der Waals surface area (Å²) >= 11 is 0. The molecule has 1 aromatic carbocycles. The van der Waals surface area contributed by atoms with E-state index < -0.39 is 0 Å². The number of fused-ring (bicyclic) bond motifs is 1. The molecule has 0 N–H and O–H groups in total. The van der Waals surface area contributed by atoms with E-state index >= 15 is 0 Å². The van der Waals surface area contributed by atoms with Gasteiger partial charge in [-0.1, -0.05) is 31.9 Å².